The molecule has 0 radical (unpaired) electrons. The van der Waals surface area contributed by atoms with Gasteiger partial charge >= 0.3 is 11.9 Å². The number of hydrogen-bond acceptors (Lipinski definition) is 13. The molecule has 0 saturated heterocycles. The van der Waals surface area contributed by atoms with Gasteiger partial charge in [-0.25, -0.2) is 4.79 Å². The summed E-state index contributed by atoms with van der Waals surface area (Å²) >= 11 is 0. The van der Waals surface area contributed by atoms with Gasteiger partial charge in [0.15, 0.2) is 0 Å². The zero-order valence-corrected chi connectivity index (χ0v) is 43.9. The van der Waals surface area contributed by atoms with Gasteiger partial charge in [0.1, 0.15) is 53.2 Å². The van der Waals surface area contributed by atoms with Crippen LogP contribution in [0.1, 0.15) is 143 Å². The fourth-order valence-electron chi connectivity index (χ4n) is 6.15. The first-order chi connectivity index (χ1) is 30.8. The third-order valence-electron chi connectivity index (χ3n) is 9.60. The molecule has 0 heterocycles. The Morgan fingerprint density at radius 1 is 0.574 bits per heavy atom. The molecule has 0 fully saturated rings. The molecule has 0 aromatic heterocycles. The predicted molar refractivity (Wildman–Crippen MR) is 257 cm³/mol. The van der Waals surface area contributed by atoms with Crippen molar-refractivity contribution in [2.45, 2.75) is 214 Å². The molecule has 19 nitrogen and oxygen atoms in total. The van der Waals surface area contributed by atoms with Crippen LogP contribution in [0.15, 0.2) is 24.3 Å². The topological polar surface area (TPSA) is 272 Å². The first-order valence-corrected chi connectivity index (χ1v) is 23.3. The summed E-state index contributed by atoms with van der Waals surface area (Å²) in [6, 6.07) is -1.83. The number of esters is 1. The van der Waals surface area contributed by atoms with Gasteiger partial charge in [0, 0.05) is 6.42 Å². The fraction of sp³-hybridized carbons (Fsp3) is 0.735. The van der Waals surface area contributed by atoms with Gasteiger partial charge in [-0.05, 0) is 134 Å². The molecule has 68 heavy (non-hydrogen) atoms. The molecule has 0 bridgehead atoms. The van der Waals surface area contributed by atoms with E-state index in [1.807, 2.05) is 20.8 Å². The van der Waals surface area contributed by atoms with Gasteiger partial charge in [0.2, 0.25) is 29.5 Å². The molecule has 1 aromatic carbocycles. The van der Waals surface area contributed by atoms with Crippen LogP contribution in [-0.2, 0) is 58.9 Å². The number of nitrogens with one attached hydrogen (secondary N) is 5. The number of aliphatic carboxylic acids is 1. The number of ether oxygens (including phenoxy) is 5. The highest BCUT2D eigenvalue weighted by Crippen LogP contribution is 2.20. The van der Waals surface area contributed by atoms with Crippen LogP contribution in [0.5, 0.6) is 5.75 Å². The molecule has 19 heteroatoms. The highest BCUT2D eigenvalue weighted by molar-refractivity contribution is 5.97. The van der Waals surface area contributed by atoms with Crippen LogP contribution >= 0.6 is 0 Å². The van der Waals surface area contributed by atoms with Crippen molar-refractivity contribution >= 4 is 41.5 Å². The van der Waals surface area contributed by atoms with Gasteiger partial charge in [-0.3, -0.25) is 28.8 Å². The lowest BCUT2D eigenvalue weighted by Crippen LogP contribution is -2.61. The monoisotopic (exact) mass is 965 g/mol. The second-order valence-corrected chi connectivity index (χ2v) is 22.1. The minimum Gasteiger partial charge on any atom is -0.488 e. The number of carboxylic acid groups (broad SMARTS) is 1. The van der Waals surface area contributed by atoms with Gasteiger partial charge in [-0.1, -0.05) is 32.4 Å². The Morgan fingerprint density at radius 2 is 1.00 bits per heavy atom. The zero-order valence-electron chi connectivity index (χ0n) is 43.9. The lowest BCUT2D eigenvalue weighted by atomic mass is 9.99. The summed E-state index contributed by atoms with van der Waals surface area (Å²) < 4.78 is 29.2. The van der Waals surface area contributed by atoms with Crippen molar-refractivity contribution in [3.05, 3.63) is 29.8 Å². The molecule has 0 aliphatic heterocycles. The molecule has 8 atom stereocenters. The molecule has 0 unspecified atom stereocenters. The van der Waals surface area contributed by atoms with E-state index in [-0.39, 0.29) is 19.6 Å². The maximum absolute atomic E-state index is 14.5. The number of rotatable bonds is 24. The molecule has 0 aliphatic carbocycles. The summed E-state index contributed by atoms with van der Waals surface area (Å²) in [6.45, 7) is 30.6. The van der Waals surface area contributed by atoms with Crippen molar-refractivity contribution < 1.29 is 62.4 Å². The molecule has 8 N–H and O–H groups in total. The first-order valence-electron chi connectivity index (χ1n) is 23.3. The SMILES string of the molecule is CC[C@H](C)[C@H](NC(=O)[C@H](COC(C)(C)C)NC(=O)[C@H](Cc1ccc(OC(C)(C)C)cc1)NC(=O)[C@H](CC(=O)OC(C)(C)C)NC(=O)[C@H](COC(C)(C)C)NC(=O)[C@@H](N)[C@@H](C)OC(C)(C)C)C(=O)O. The minimum atomic E-state index is -1.70. The van der Waals surface area contributed by atoms with Crippen LogP contribution in [-0.4, -0.2) is 130 Å². The molecule has 1 aromatic rings. The van der Waals surface area contributed by atoms with Crippen LogP contribution in [0.25, 0.3) is 0 Å². The second-order valence-electron chi connectivity index (χ2n) is 22.1. The van der Waals surface area contributed by atoms with Gasteiger partial charge < -0.3 is 61.1 Å². The normalized spacial score (nSPS) is 16.0. The molecular formula is C49H84N6O13. The van der Waals surface area contributed by atoms with E-state index in [1.54, 1.807) is 128 Å². The Balaban J connectivity index is 3.84. The second kappa shape index (κ2) is 25.7. The maximum atomic E-state index is 14.5. The van der Waals surface area contributed by atoms with Crippen LogP contribution < -0.4 is 37.1 Å². The van der Waals surface area contributed by atoms with E-state index in [9.17, 15) is 38.7 Å². The molecule has 0 spiro atoms. The first kappa shape index (κ1) is 61.2. The number of nitrogens with two attached hydrogens (primary N) is 1. The van der Waals surface area contributed by atoms with E-state index in [2.05, 4.69) is 26.6 Å². The summed E-state index contributed by atoms with van der Waals surface area (Å²) in [5.74, 6) is -6.49. The zero-order chi connectivity index (χ0) is 52.7. The Labute approximate surface area is 404 Å². The van der Waals surface area contributed by atoms with Crippen LogP contribution in [0.4, 0.5) is 0 Å². The third-order valence-corrected chi connectivity index (χ3v) is 9.60. The Morgan fingerprint density at radius 3 is 1.43 bits per heavy atom. The molecule has 1 rings (SSSR count). The molecule has 0 saturated carbocycles. The summed E-state index contributed by atoms with van der Waals surface area (Å²) in [7, 11) is 0. The number of amides is 5. The Hall–Kier alpha value is -4.85. The van der Waals surface area contributed by atoms with Crippen molar-refractivity contribution in [2.24, 2.45) is 11.7 Å². The highest BCUT2D eigenvalue weighted by atomic mass is 16.6. The number of carbonyl (C=O) groups excluding carboxylic acids is 6. The highest BCUT2D eigenvalue weighted by Gasteiger charge is 2.37. The van der Waals surface area contributed by atoms with Gasteiger partial charge in [0.25, 0.3) is 0 Å². The van der Waals surface area contributed by atoms with Crippen molar-refractivity contribution in [1.82, 2.24) is 26.6 Å². The fourth-order valence-corrected chi connectivity index (χ4v) is 6.15. The maximum Gasteiger partial charge on any atom is 0.326 e. The van der Waals surface area contributed by atoms with Crippen molar-refractivity contribution in [1.29, 1.82) is 0 Å². The number of carbonyl (C=O) groups is 7. The lowest BCUT2D eigenvalue weighted by molar-refractivity contribution is -0.157. The average Bonchev–Trinajstić information content (AvgIpc) is 3.16. The number of benzene rings is 1. The molecule has 388 valence electrons. The predicted octanol–water partition coefficient (Wildman–Crippen LogP) is 3.85. The van der Waals surface area contributed by atoms with Crippen molar-refractivity contribution in [3.63, 3.8) is 0 Å². The number of hydrogen-bond donors (Lipinski definition) is 7. The standard InChI is InChI=1S/C49H84N6O13/c1-19-28(2)38(44(62)63)55-42(60)35(27-65-46(7,8)9)53-39(57)32(24-30-20-22-31(23-21-30)67-48(13,14)15)51-40(58)33(25-36(56)68-49(16,17)18)52-41(59)34(26-64-45(4,5)6)54-43(61)37(50)29(3)66-47(10,11)12/h20-23,28-29,32-35,37-38H,19,24-27,50H2,1-18H3,(H,51,58)(H,52,59)(H,53,57)(H,54,61)(H,55,60)(H,62,63)/t28-,29+,32-,33-,34-,35-,37-,38-/m0/s1. The molecule has 5 amide bonds. The van der Waals surface area contributed by atoms with Crippen molar-refractivity contribution in [3.8, 4) is 5.75 Å². The summed E-state index contributed by atoms with van der Waals surface area (Å²) in [4.78, 5) is 96.2. The van der Waals surface area contributed by atoms with E-state index in [4.69, 9.17) is 29.4 Å². The summed E-state index contributed by atoms with van der Waals surface area (Å²) in [5.41, 5.74) is 3.08. The van der Waals surface area contributed by atoms with Gasteiger partial charge in [-0.15, -0.1) is 0 Å². The Bertz CT molecular complexity index is 1840. The minimum absolute atomic E-state index is 0.176. The average molecular weight is 965 g/mol. The number of carboxylic acids is 1. The van der Waals surface area contributed by atoms with E-state index in [0.717, 1.165) is 0 Å². The van der Waals surface area contributed by atoms with Gasteiger partial charge in [0.05, 0.1) is 42.5 Å². The van der Waals surface area contributed by atoms with E-state index < -0.39 is 124 Å². The van der Waals surface area contributed by atoms with E-state index in [0.29, 0.717) is 17.7 Å². The van der Waals surface area contributed by atoms with E-state index >= 15 is 0 Å². The third kappa shape index (κ3) is 25.0. The molecule has 0 aliphatic rings. The lowest BCUT2D eigenvalue weighted by Gasteiger charge is -2.31. The Kier molecular flexibility index (Phi) is 23.1. The summed E-state index contributed by atoms with van der Waals surface area (Å²) in [6.07, 6.45) is -1.24. The molecular weight excluding hydrogens is 881 g/mol. The van der Waals surface area contributed by atoms with Gasteiger partial charge in [-0.2, -0.15) is 0 Å². The largest absolute Gasteiger partial charge is 0.488 e. The van der Waals surface area contributed by atoms with Crippen LogP contribution in [0.2, 0.25) is 0 Å². The van der Waals surface area contributed by atoms with E-state index in [1.165, 1.54) is 0 Å². The summed E-state index contributed by atoms with van der Waals surface area (Å²) in [5, 5.41) is 22.9. The quantitative estimate of drug-likeness (QED) is 0.0726. The smallest absolute Gasteiger partial charge is 0.326 e. The van der Waals surface area contributed by atoms with Crippen molar-refractivity contribution in [2.75, 3.05) is 13.2 Å². The van der Waals surface area contributed by atoms with Crippen LogP contribution in [0.3, 0.4) is 0 Å². The van der Waals surface area contributed by atoms with Crippen LogP contribution in [0, 0.1) is 5.92 Å².